The van der Waals surface area contributed by atoms with Crippen LogP contribution in [0.1, 0.15) is 21.6 Å². The SMILES string of the molecule is Cc1ccc2nc(C)c(C(=O)Nc3cccnc3-n3cncn3)cc2c1. The van der Waals surface area contributed by atoms with Crippen LogP contribution in [-0.2, 0) is 0 Å². The van der Waals surface area contributed by atoms with E-state index in [0.717, 1.165) is 16.5 Å². The zero-order valence-electron chi connectivity index (χ0n) is 14.3. The molecule has 1 amide bonds. The Morgan fingerprint density at radius 3 is 2.85 bits per heavy atom. The molecule has 128 valence electrons. The van der Waals surface area contributed by atoms with Crippen molar-refractivity contribution in [2.45, 2.75) is 13.8 Å². The number of hydrogen-bond acceptors (Lipinski definition) is 5. The topological polar surface area (TPSA) is 85.6 Å². The van der Waals surface area contributed by atoms with Crippen molar-refractivity contribution in [2.24, 2.45) is 0 Å². The van der Waals surface area contributed by atoms with Crippen LogP contribution in [0.4, 0.5) is 5.69 Å². The van der Waals surface area contributed by atoms with E-state index in [9.17, 15) is 4.79 Å². The van der Waals surface area contributed by atoms with Crippen LogP contribution in [0.15, 0.2) is 55.2 Å². The maximum atomic E-state index is 12.9. The number of carbonyl (C=O) groups is 1. The van der Waals surface area contributed by atoms with Crippen molar-refractivity contribution in [1.82, 2.24) is 24.7 Å². The minimum atomic E-state index is -0.243. The number of nitrogens with zero attached hydrogens (tertiary/aromatic N) is 5. The largest absolute Gasteiger partial charge is 0.319 e. The summed E-state index contributed by atoms with van der Waals surface area (Å²) in [6.45, 7) is 3.84. The van der Waals surface area contributed by atoms with Crippen LogP contribution in [0.25, 0.3) is 16.7 Å². The lowest BCUT2D eigenvalue weighted by Crippen LogP contribution is -2.16. The second kappa shape index (κ2) is 6.36. The number of carbonyl (C=O) groups excluding carboxylic acids is 1. The average molecular weight is 344 g/mol. The van der Waals surface area contributed by atoms with E-state index >= 15 is 0 Å². The minimum Gasteiger partial charge on any atom is -0.319 e. The lowest BCUT2D eigenvalue weighted by atomic mass is 10.1. The van der Waals surface area contributed by atoms with Gasteiger partial charge in [-0.25, -0.2) is 14.6 Å². The molecule has 0 atom stereocenters. The summed E-state index contributed by atoms with van der Waals surface area (Å²) >= 11 is 0. The Hall–Kier alpha value is -3.61. The fourth-order valence-corrected chi connectivity index (χ4v) is 2.81. The minimum absolute atomic E-state index is 0.243. The van der Waals surface area contributed by atoms with Gasteiger partial charge in [0.25, 0.3) is 5.91 Å². The van der Waals surface area contributed by atoms with Gasteiger partial charge in [-0.2, -0.15) is 5.10 Å². The number of fused-ring (bicyclic) bond motifs is 1. The van der Waals surface area contributed by atoms with Gasteiger partial charge in [0.05, 0.1) is 22.5 Å². The van der Waals surface area contributed by atoms with E-state index < -0.39 is 0 Å². The number of aryl methyl sites for hydroxylation is 2. The molecule has 0 radical (unpaired) electrons. The van der Waals surface area contributed by atoms with E-state index in [1.807, 2.05) is 38.1 Å². The molecule has 1 N–H and O–H groups in total. The summed E-state index contributed by atoms with van der Waals surface area (Å²) in [6, 6.07) is 11.4. The summed E-state index contributed by atoms with van der Waals surface area (Å²) in [5.74, 6) is 0.258. The molecule has 0 bridgehead atoms. The van der Waals surface area contributed by atoms with E-state index in [0.29, 0.717) is 22.8 Å². The van der Waals surface area contributed by atoms with E-state index in [1.54, 1.807) is 18.3 Å². The molecule has 4 aromatic rings. The van der Waals surface area contributed by atoms with E-state index in [2.05, 4.69) is 25.4 Å². The van der Waals surface area contributed by atoms with Crippen molar-refractivity contribution in [3.8, 4) is 5.82 Å². The lowest BCUT2D eigenvalue weighted by molar-refractivity contribution is 0.102. The second-order valence-corrected chi connectivity index (χ2v) is 5.99. The Morgan fingerprint density at radius 1 is 1.15 bits per heavy atom. The number of pyridine rings is 2. The summed E-state index contributed by atoms with van der Waals surface area (Å²) in [4.78, 5) is 25.6. The standard InChI is InChI=1S/C19H16N6O/c1-12-5-6-16-14(8-12)9-15(13(2)23-16)19(26)24-17-4-3-7-21-18(17)25-11-20-10-22-25/h3-11H,1-2H3,(H,24,26). The molecular weight excluding hydrogens is 328 g/mol. The van der Waals surface area contributed by atoms with Crippen molar-refractivity contribution in [2.75, 3.05) is 5.32 Å². The van der Waals surface area contributed by atoms with Gasteiger partial charge in [0.1, 0.15) is 12.7 Å². The number of anilines is 1. The van der Waals surface area contributed by atoms with Gasteiger partial charge in [0, 0.05) is 11.6 Å². The number of nitrogens with one attached hydrogen (secondary N) is 1. The molecule has 4 rings (SSSR count). The van der Waals surface area contributed by atoms with Crippen molar-refractivity contribution < 1.29 is 4.79 Å². The smallest absolute Gasteiger partial charge is 0.257 e. The zero-order valence-corrected chi connectivity index (χ0v) is 14.3. The van der Waals surface area contributed by atoms with Crippen LogP contribution in [-0.4, -0.2) is 30.6 Å². The van der Waals surface area contributed by atoms with Crippen molar-refractivity contribution in [1.29, 1.82) is 0 Å². The Labute approximate surface area is 149 Å². The van der Waals surface area contributed by atoms with Crippen LogP contribution in [0, 0.1) is 13.8 Å². The first-order valence-electron chi connectivity index (χ1n) is 8.11. The summed E-state index contributed by atoms with van der Waals surface area (Å²) in [5, 5.41) is 7.91. The maximum absolute atomic E-state index is 12.9. The van der Waals surface area contributed by atoms with Crippen LogP contribution >= 0.6 is 0 Å². The maximum Gasteiger partial charge on any atom is 0.257 e. The third-order valence-electron chi connectivity index (χ3n) is 4.08. The number of hydrogen-bond donors (Lipinski definition) is 1. The summed E-state index contributed by atoms with van der Waals surface area (Å²) in [7, 11) is 0. The molecule has 26 heavy (non-hydrogen) atoms. The summed E-state index contributed by atoms with van der Waals surface area (Å²) < 4.78 is 1.50. The highest BCUT2D eigenvalue weighted by atomic mass is 16.1. The van der Waals surface area contributed by atoms with Gasteiger partial charge in [0.2, 0.25) is 0 Å². The number of rotatable bonds is 3. The molecule has 0 spiro atoms. The van der Waals surface area contributed by atoms with Crippen molar-refractivity contribution >= 4 is 22.5 Å². The third kappa shape index (κ3) is 2.90. The van der Waals surface area contributed by atoms with E-state index in [1.165, 1.54) is 17.3 Å². The van der Waals surface area contributed by atoms with Crippen LogP contribution in [0.5, 0.6) is 0 Å². The molecule has 0 aliphatic rings. The Morgan fingerprint density at radius 2 is 2.04 bits per heavy atom. The highest BCUT2D eigenvalue weighted by Crippen LogP contribution is 2.21. The van der Waals surface area contributed by atoms with Crippen molar-refractivity contribution in [3.63, 3.8) is 0 Å². The first-order chi connectivity index (χ1) is 12.6. The molecule has 3 heterocycles. The quantitative estimate of drug-likeness (QED) is 0.617. The van der Waals surface area contributed by atoms with E-state index in [4.69, 9.17) is 0 Å². The van der Waals surface area contributed by atoms with Gasteiger partial charge in [-0.05, 0) is 44.2 Å². The van der Waals surface area contributed by atoms with E-state index in [-0.39, 0.29) is 5.91 Å². The van der Waals surface area contributed by atoms with Gasteiger partial charge >= 0.3 is 0 Å². The Bertz CT molecular complexity index is 1100. The number of amides is 1. The molecule has 0 aliphatic carbocycles. The predicted molar refractivity (Wildman–Crippen MR) is 98.3 cm³/mol. The van der Waals surface area contributed by atoms with Gasteiger partial charge in [-0.15, -0.1) is 0 Å². The first kappa shape index (κ1) is 15.9. The van der Waals surface area contributed by atoms with Crippen LogP contribution < -0.4 is 5.32 Å². The molecule has 0 saturated heterocycles. The molecule has 0 aliphatic heterocycles. The highest BCUT2D eigenvalue weighted by molar-refractivity contribution is 6.07. The number of benzene rings is 1. The fourth-order valence-electron chi connectivity index (χ4n) is 2.81. The van der Waals surface area contributed by atoms with Crippen LogP contribution in [0.3, 0.4) is 0 Å². The Kier molecular flexibility index (Phi) is 3.89. The van der Waals surface area contributed by atoms with Crippen molar-refractivity contribution in [3.05, 3.63) is 72.1 Å². The molecular formula is C19H16N6O. The number of aromatic nitrogens is 5. The summed E-state index contributed by atoms with van der Waals surface area (Å²) in [5.41, 5.74) is 3.73. The molecule has 1 aromatic carbocycles. The van der Waals surface area contributed by atoms with Gasteiger partial charge in [0.15, 0.2) is 5.82 Å². The molecule has 7 nitrogen and oxygen atoms in total. The van der Waals surface area contributed by atoms with Gasteiger partial charge < -0.3 is 5.32 Å². The molecule has 7 heteroatoms. The lowest BCUT2D eigenvalue weighted by Gasteiger charge is -2.11. The van der Waals surface area contributed by atoms with Crippen LogP contribution in [0.2, 0.25) is 0 Å². The monoisotopic (exact) mass is 344 g/mol. The molecule has 0 saturated carbocycles. The third-order valence-corrected chi connectivity index (χ3v) is 4.08. The molecule has 0 unspecified atom stereocenters. The molecule has 0 fully saturated rings. The Balaban J connectivity index is 1.72. The predicted octanol–water partition coefficient (Wildman–Crippen LogP) is 3.08. The highest BCUT2D eigenvalue weighted by Gasteiger charge is 2.15. The normalized spacial score (nSPS) is 10.8. The summed E-state index contributed by atoms with van der Waals surface area (Å²) in [6.07, 6.45) is 4.59. The van der Waals surface area contributed by atoms with Gasteiger partial charge in [-0.3, -0.25) is 9.78 Å². The molecule has 3 aromatic heterocycles. The second-order valence-electron chi connectivity index (χ2n) is 5.99. The zero-order chi connectivity index (χ0) is 18.1. The first-order valence-corrected chi connectivity index (χ1v) is 8.11. The van der Waals surface area contributed by atoms with Gasteiger partial charge in [-0.1, -0.05) is 11.6 Å². The fraction of sp³-hybridized carbons (Fsp3) is 0.105. The average Bonchev–Trinajstić information content (AvgIpc) is 3.16.